The topological polar surface area (TPSA) is 24.1 Å². The molecule has 0 aromatic heterocycles. The summed E-state index contributed by atoms with van der Waals surface area (Å²) in [6.07, 6.45) is 2.43. The second-order valence-corrected chi connectivity index (χ2v) is 5.07. The molecule has 0 bridgehead atoms. The van der Waals surface area contributed by atoms with E-state index >= 15 is 0 Å². The van der Waals surface area contributed by atoms with Crippen LogP contribution >= 0.6 is 35.4 Å². The van der Waals surface area contributed by atoms with E-state index in [0.29, 0.717) is 27.7 Å². The number of hydrogen-bond acceptors (Lipinski definition) is 1. The van der Waals surface area contributed by atoms with Gasteiger partial charge in [-0.05, 0) is 42.8 Å². The molecule has 0 atom stereocenters. The average Bonchev–Trinajstić information content (AvgIpc) is 3.04. The SMILES string of the molecule is S=C(NCc1ccc(Cl)c(Cl)c1)NC1CC1. The van der Waals surface area contributed by atoms with Gasteiger partial charge in [0.05, 0.1) is 10.0 Å². The van der Waals surface area contributed by atoms with Gasteiger partial charge in [-0.2, -0.15) is 0 Å². The van der Waals surface area contributed by atoms with Gasteiger partial charge in [-0.3, -0.25) is 0 Å². The zero-order chi connectivity index (χ0) is 11.5. The smallest absolute Gasteiger partial charge is 0.166 e. The van der Waals surface area contributed by atoms with Crippen LogP contribution in [0.4, 0.5) is 0 Å². The van der Waals surface area contributed by atoms with E-state index in [1.54, 1.807) is 6.07 Å². The number of thiocarbonyl (C=S) groups is 1. The van der Waals surface area contributed by atoms with E-state index in [-0.39, 0.29) is 0 Å². The number of halogens is 2. The Balaban J connectivity index is 1.83. The van der Waals surface area contributed by atoms with E-state index in [2.05, 4.69) is 10.6 Å². The van der Waals surface area contributed by atoms with Crippen LogP contribution in [0.15, 0.2) is 18.2 Å². The van der Waals surface area contributed by atoms with Crippen molar-refractivity contribution in [3.63, 3.8) is 0 Å². The second-order valence-electron chi connectivity index (χ2n) is 3.85. The lowest BCUT2D eigenvalue weighted by Gasteiger charge is -2.09. The first-order chi connectivity index (χ1) is 7.65. The van der Waals surface area contributed by atoms with Crippen LogP contribution in [0.2, 0.25) is 10.0 Å². The van der Waals surface area contributed by atoms with Gasteiger partial charge in [-0.25, -0.2) is 0 Å². The third-order valence-corrected chi connectivity index (χ3v) is 3.35. The highest BCUT2D eigenvalue weighted by molar-refractivity contribution is 7.80. The summed E-state index contributed by atoms with van der Waals surface area (Å²) in [7, 11) is 0. The summed E-state index contributed by atoms with van der Waals surface area (Å²) in [5.41, 5.74) is 1.06. The normalized spacial score (nSPS) is 14.6. The van der Waals surface area contributed by atoms with E-state index < -0.39 is 0 Å². The van der Waals surface area contributed by atoms with E-state index in [1.165, 1.54) is 12.8 Å². The third kappa shape index (κ3) is 3.51. The van der Waals surface area contributed by atoms with Crippen molar-refractivity contribution in [1.82, 2.24) is 10.6 Å². The van der Waals surface area contributed by atoms with Gasteiger partial charge in [0, 0.05) is 12.6 Å². The molecule has 0 spiro atoms. The van der Waals surface area contributed by atoms with Crippen LogP contribution < -0.4 is 10.6 Å². The monoisotopic (exact) mass is 274 g/mol. The number of rotatable bonds is 3. The lowest BCUT2D eigenvalue weighted by atomic mass is 10.2. The molecule has 0 radical (unpaired) electrons. The third-order valence-electron chi connectivity index (χ3n) is 2.35. The summed E-state index contributed by atoms with van der Waals surface area (Å²) in [5, 5.41) is 8.19. The molecule has 2 nitrogen and oxygen atoms in total. The zero-order valence-electron chi connectivity index (χ0n) is 8.59. The van der Waals surface area contributed by atoms with Crippen LogP contribution in [0.25, 0.3) is 0 Å². The lowest BCUT2D eigenvalue weighted by Crippen LogP contribution is -2.36. The molecule has 2 rings (SSSR count). The Morgan fingerprint density at radius 3 is 2.69 bits per heavy atom. The maximum atomic E-state index is 5.92. The van der Waals surface area contributed by atoms with E-state index in [1.807, 2.05) is 12.1 Å². The molecular weight excluding hydrogens is 263 g/mol. The van der Waals surface area contributed by atoms with E-state index in [9.17, 15) is 0 Å². The second kappa shape index (κ2) is 5.21. The van der Waals surface area contributed by atoms with Crippen molar-refractivity contribution >= 4 is 40.5 Å². The Labute approximate surface area is 110 Å². The van der Waals surface area contributed by atoms with Crippen LogP contribution in [0.1, 0.15) is 18.4 Å². The van der Waals surface area contributed by atoms with Gasteiger partial charge in [0.15, 0.2) is 5.11 Å². The standard InChI is InChI=1S/C11H12Cl2N2S/c12-9-4-1-7(5-10(9)13)6-14-11(16)15-8-2-3-8/h1,4-5,8H,2-3,6H2,(H2,14,15,16). The average molecular weight is 275 g/mol. The molecule has 5 heteroatoms. The van der Waals surface area contributed by atoms with Crippen LogP contribution in [0, 0.1) is 0 Å². The first-order valence-electron chi connectivity index (χ1n) is 5.13. The first kappa shape index (κ1) is 12.0. The molecule has 1 aromatic rings. The van der Waals surface area contributed by atoms with Gasteiger partial charge in [0.25, 0.3) is 0 Å². The van der Waals surface area contributed by atoms with Gasteiger partial charge in [-0.15, -0.1) is 0 Å². The molecule has 0 amide bonds. The summed E-state index contributed by atoms with van der Waals surface area (Å²) < 4.78 is 0. The number of hydrogen-bond donors (Lipinski definition) is 2. The maximum absolute atomic E-state index is 5.92. The molecule has 86 valence electrons. The molecule has 1 aromatic carbocycles. The fourth-order valence-corrected chi connectivity index (χ4v) is 1.86. The molecule has 0 aliphatic heterocycles. The molecule has 1 aliphatic rings. The summed E-state index contributed by atoms with van der Waals surface area (Å²) in [4.78, 5) is 0. The number of nitrogens with one attached hydrogen (secondary N) is 2. The molecule has 1 aliphatic carbocycles. The Hall–Kier alpha value is -0.510. The molecule has 2 N–H and O–H groups in total. The van der Waals surface area contributed by atoms with E-state index in [0.717, 1.165) is 5.56 Å². The molecular formula is C11H12Cl2N2S. The van der Waals surface area contributed by atoms with Crippen molar-refractivity contribution in [2.45, 2.75) is 25.4 Å². The van der Waals surface area contributed by atoms with Crippen molar-refractivity contribution < 1.29 is 0 Å². The fraction of sp³-hybridized carbons (Fsp3) is 0.364. The molecule has 1 fully saturated rings. The predicted molar refractivity (Wildman–Crippen MR) is 72.1 cm³/mol. The van der Waals surface area contributed by atoms with Crippen molar-refractivity contribution in [2.75, 3.05) is 0 Å². The highest BCUT2D eigenvalue weighted by Crippen LogP contribution is 2.22. The molecule has 0 saturated heterocycles. The minimum Gasteiger partial charge on any atom is -0.360 e. The quantitative estimate of drug-likeness (QED) is 0.829. The van der Waals surface area contributed by atoms with Gasteiger partial charge in [-0.1, -0.05) is 29.3 Å². The highest BCUT2D eigenvalue weighted by Gasteiger charge is 2.21. The van der Waals surface area contributed by atoms with E-state index in [4.69, 9.17) is 35.4 Å². The van der Waals surface area contributed by atoms with Gasteiger partial charge < -0.3 is 10.6 Å². The van der Waals surface area contributed by atoms with Crippen molar-refractivity contribution in [1.29, 1.82) is 0 Å². The van der Waals surface area contributed by atoms with Crippen LogP contribution in [0.5, 0.6) is 0 Å². The van der Waals surface area contributed by atoms with Crippen LogP contribution in [-0.2, 0) is 6.54 Å². The van der Waals surface area contributed by atoms with Crippen LogP contribution in [0.3, 0.4) is 0 Å². The van der Waals surface area contributed by atoms with Crippen molar-refractivity contribution in [3.05, 3.63) is 33.8 Å². The summed E-state index contributed by atoms with van der Waals surface area (Å²) in [6.45, 7) is 0.662. The summed E-state index contributed by atoms with van der Waals surface area (Å²) >= 11 is 16.9. The maximum Gasteiger partial charge on any atom is 0.166 e. The predicted octanol–water partition coefficient (Wildman–Crippen LogP) is 3.12. The molecule has 16 heavy (non-hydrogen) atoms. The van der Waals surface area contributed by atoms with Crippen molar-refractivity contribution in [3.8, 4) is 0 Å². The minimum atomic E-state index is 0.571. The Kier molecular flexibility index (Phi) is 3.90. The van der Waals surface area contributed by atoms with Crippen LogP contribution in [-0.4, -0.2) is 11.2 Å². The number of benzene rings is 1. The van der Waals surface area contributed by atoms with Gasteiger partial charge >= 0.3 is 0 Å². The summed E-state index contributed by atoms with van der Waals surface area (Å²) in [6, 6.07) is 6.14. The van der Waals surface area contributed by atoms with Crippen molar-refractivity contribution in [2.24, 2.45) is 0 Å². The molecule has 0 unspecified atom stereocenters. The molecule has 0 heterocycles. The van der Waals surface area contributed by atoms with Gasteiger partial charge in [0.1, 0.15) is 0 Å². The highest BCUT2D eigenvalue weighted by atomic mass is 35.5. The Bertz CT molecular complexity index is 405. The largest absolute Gasteiger partial charge is 0.360 e. The fourth-order valence-electron chi connectivity index (χ4n) is 1.30. The summed E-state index contributed by atoms with van der Waals surface area (Å²) in [5.74, 6) is 0. The first-order valence-corrected chi connectivity index (χ1v) is 6.30. The lowest BCUT2D eigenvalue weighted by molar-refractivity contribution is 0.829. The Morgan fingerprint density at radius 2 is 2.06 bits per heavy atom. The minimum absolute atomic E-state index is 0.571. The van der Waals surface area contributed by atoms with Gasteiger partial charge in [0.2, 0.25) is 0 Å². The molecule has 1 saturated carbocycles. The zero-order valence-corrected chi connectivity index (χ0v) is 10.9. The Morgan fingerprint density at radius 1 is 1.31 bits per heavy atom.